The molecule has 0 amide bonds. The lowest BCUT2D eigenvalue weighted by Gasteiger charge is -2.17. The summed E-state index contributed by atoms with van der Waals surface area (Å²) in [5.74, 6) is 1.31. The predicted octanol–water partition coefficient (Wildman–Crippen LogP) is 1.80. The second-order valence-electron chi connectivity index (χ2n) is 5.38. The Labute approximate surface area is 129 Å². The quantitative estimate of drug-likeness (QED) is 0.935. The number of hydrogen-bond acceptors (Lipinski definition) is 4. The lowest BCUT2D eigenvalue weighted by Crippen LogP contribution is -2.27. The van der Waals surface area contributed by atoms with Crippen molar-refractivity contribution in [1.82, 2.24) is 4.57 Å². The van der Waals surface area contributed by atoms with E-state index in [1.807, 2.05) is 18.2 Å². The van der Waals surface area contributed by atoms with Crippen LogP contribution in [-0.2, 0) is 19.4 Å². The van der Waals surface area contributed by atoms with Crippen LogP contribution in [0.2, 0.25) is 0 Å². The fourth-order valence-electron chi connectivity index (χ4n) is 3.07. The van der Waals surface area contributed by atoms with Gasteiger partial charge in [-0.25, -0.2) is 0 Å². The summed E-state index contributed by atoms with van der Waals surface area (Å²) in [6.45, 7) is 0.241. The van der Waals surface area contributed by atoms with Crippen LogP contribution in [-0.4, -0.2) is 18.8 Å². The first-order chi connectivity index (χ1) is 10.7. The summed E-state index contributed by atoms with van der Waals surface area (Å²) in [5.41, 5.74) is 9.32. The molecule has 3 rings (SSSR count). The first kappa shape index (κ1) is 14.7. The molecule has 22 heavy (non-hydrogen) atoms. The fraction of sp³-hybridized carbons (Fsp3) is 0.353. The number of fused-ring (bicyclic) bond motifs is 1. The zero-order valence-corrected chi connectivity index (χ0v) is 12.9. The van der Waals surface area contributed by atoms with Gasteiger partial charge in [0.2, 0.25) is 0 Å². The molecule has 0 radical (unpaired) electrons. The molecule has 1 aliphatic rings. The Hall–Kier alpha value is -2.27. The highest BCUT2D eigenvalue weighted by molar-refractivity contribution is 5.53. The zero-order valence-electron chi connectivity index (χ0n) is 12.9. The molecular formula is C17H20N2O3. The average Bonchev–Trinajstić information content (AvgIpc) is 3.01. The van der Waals surface area contributed by atoms with Crippen molar-refractivity contribution in [3.05, 3.63) is 51.4 Å². The van der Waals surface area contributed by atoms with Crippen molar-refractivity contribution < 1.29 is 9.47 Å². The summed E-state index contributed by atoms with van der Waals surface area (Å²) >= 11 is 0. The third-order valence-corrected chi connectivity index (χ3v) is 4.17. The van der Waals surface area contributed by atoms with Gasteiger partial charge in [-0.15, -0.1) is 0 Å². The molecule has 0 saturated carbocycles. The Morgan fingerprint density at radius 1 is 1.18 bits per heavy atom. The number of methoxy groups -OCH3 is 2. The van der Waals surface area contributed by atoms with E-state index in [-0.39, 0.29) is 12.1 Å². The lowest BCUT2D eigenvalue weighted by molar-refractivity contribution is 0.392. The predicted molar refractivity (Wildman–Crippen MR) is 85.1 cm³/mol. The average molecular weight is 300 g/mol. The summed E-state index contributed by atoms with van der Waals surface area (Å²) in [4.78, 5) is 12.8. The van der Waals surface area contributed by atoms with Gasteiger partial charge in [-0.3, -0.25) is 9.36 Å². The van der Waals surface area contributed by atoms with E-state index in [9.17, 15) is 4.79 Å². The Kier molecular flexibility index (Phi) is 3.90. The Balaban J connectivity index is 2.29. The van der Waals surface area contributed by atoms with Gasteiger partial charge in [-0.1, -0.05) is 0 Å². The maximum atomic E-state index is 12.8. The molecule has 0 bridgehead atoms. The lowest BCUT2D eigenvalue weighted by atomic mass is 10.1. The number of benzene rings is 1. The normalized spacial score (nSPS) is 13.0. The minimum absolute atomic E-state index is 0.0633. The van der Waals surface area contributed by atoms with Crippen molar-refractivity contribution in [3.63, 3.8) is 0 Å². The molecule has 2 aromatic rings. The molecule has 5 nitrogen and oxygen atoms in total. The second kappa shape index (κ2) is 5.85. The highest BCUT2D eigenvalue weighted by Crippen LogP contribution is 2.31. The molecule has 0 spiro atoms. The number of hydrogen-bond donors (Lipinski definition) is 1. The highest BCUT2D eigenvalue weighted by atomic mass is 16.5. The Bertz CT molecular complexity index is 765. The van der Waals surface area contributed by atoms with Gasteiger partial charge < -0.3 is 15.2 Å². The van der Waals surface area contributed by atoms with Crippen molar-refractivity contribution in [3.8, 4) is 17.2 Å². The SMILES string of the molecule is COc1ccc(-n2c3c(cc(CN)c2=O)CCC3)c(OC)c1. The third kappa shape index (κ3) is 2.27. The van der Waals surface area contributed by atoms with Crippen LogP contribution >= 0.6 is 0 Å². The van der Waals surface area contributed by atoms with Crippen LogP contribution in [0.15, 0.2) is 29.1 Å². The molecule has 5 heteroatoms. The number of nitrogens with two attached hydrogens (primary N) is 1. The third-order valence-electron chi connectivity index (χ3n) is 4.17. The van der Waals surface area contributed by atoms with E-state index < -0.39 is 0 Å². The van der Waals surface area contributed by atoms with Gasteiger partial charge in [0, 0.05) is 23.9 Å². The number of pyridine rings is 1. The maximum Gasteiger partial charge on any atom is 0.259 e. The number of nitrogens with zero attached hydrogens (tertiary/aromatic N) is 1. The summed E-state index contributed by atoms with van der Waals surface area (Å²) in [5, 5.41) is 0. The van der Waals surface area contributed by atoms with Crippen LogP contribution < -0.4 is 20.8 Å². The van der Waals surface area contributed by atoms with Crippen LogP contribution in [0.3, 0.4) is 0 Å². The zero-order chi connectivity index (χ0) is 15.7. The molecule has 0 fully saturated rings. The smallest absolute Gasteiger partial charge is 0.259 e. The van der Waals surface area contributed by atoms with E-state index in [0.29, 0.717) is 17.1 Å². The minimum Gasteiger partial charge on any atom is -0.497 e. The molecule has 1 aromatic heterocycles. The van der Waals surface area contributed by atoms with E-state index in [1.54, 1.807) is 24.9 Å². The van der Waals surface area contributed by atoms with Gasteiger partial charge in [-0.2, -0.15) is 0 Å². The van der Waals surface area contributed by atoms with E-state index in [4.69, 9.17) is 15.2 Å². The van der Waals surface area contributed by atoms with Gasteiger partial charge in [-0.05, 0) is 43.0 Å². The van der Waals surface area contributed by atoms with Gasteiger partial charge in [0.25, 0.3) is 5.56 Å². The van der Waals surface area contributed by atoms with Crippen LogP contribution in [0, 0.1) is 0 Å². The van der Waals surface area contributed by atoms with Crippen molar-refractivity contribution in [2.24, 2.45) is 5.73 Å². The summed E-state index contributed by atoms with van der Waals surface area (Å²) in [6.07, 6.45) is 2.94. The van der Waals surface area contributed by atoms with Crippen molar-refractivity contribution in [2.45, 2.75) is 25.8 Å². The van der Waals surface area contributed by atoms with Crippen molar-refractivity contribution in [2.75, 3.05) is 14.2 Å². The van der Waals surface area contributed by atoms with Gasteiger partial charge in [0.15, 0.2) is 0 Å². The largest absolute Gasteiger partial charge is 0.497 e. The van der Waals surface area contributed by atoms with Crippen molar-refractivity contribution >= 4 is 0 Å². The second-order valence-corrected chi connectivity index (χ2v) is 5.38. The summed E-state index contributed by atoms with van der Waals surface area (Å²) < 4.78 is 12.4. The molecule has 0 atom stereocenters. The molecule has 2 N–H and O–H groups in total. The summed E-state index contributed by atoms with van der Waals surface area (Å²) in [7, 11) is 3.20. The standard InChI is InChI=1S/C17H20N2O3/c1-21-13-6-7-15(16(9-13)22-2)19-14-5-3-4-11(14)8-12(10-18)17(19)20/h6-9H,3-5,10,18H2,1-2H3. The first-order valence-electron chi connectivity index (χ1n) is 7.38. The van der Waals surface area contributed by atoms with Crippen LogP contribution in [0.25, 0.3) is 5.69 Å². The van der Waals surface area contributed by atoms with E-state index in [0.717, 1.165) is 30.6 Å². The summed E-state index contributed by atoms with van der Waals surface area (Å²) in [6, 6.07) is 7.44. The molecular weight excluding hydrogens is 280 g/mol. The van der Waals surface area contributed by atoms with Crippen LogP contribution in [0.4, 0.5) is 0 Å². The minimum atomic E-state index is -0.0633. The number of aromatic nitrogens is 1. The Morgan fingerprint density at radius 2 is 2.00 bits per heavy atom. The van der Waals surface area contributed by atoms with Crippen LogP contribution in [0.1, 0.15) is 23.2 Å². The number of aryl methyl sites for hydroxylation is 1. The monoisotopic (exact) mass is 300 g/mol. The van der Waals surface area contributed by atoms with E-state index >= 15 is 0 Å². The topological polar surface area (TPSA) is 66.5 Å². The van der Waals surface area contributed by atoms with Gasteiger partial charge >= 0.3 is 0 Å². The Morgan fingerprint density at radius 3 is 2.68 bits per heavy atom. The number of rotatable bonds is 4. The molecule has 0 saturated heterocycles. The number of ether oxygens (including phenoxy) is 2. The maximum absolute atomic E-state index is 12.8. The first-order valence-corrected chi connectivity index (χ1v) is 7.38. The highest BCUT2D eigenvalue weighted by Gasteiger charge is 2.21. The fourth-order valence-corrected chi connectivity index (χ4v) is 3.07. The van der Waals surface area contributed by atoms with E-state index in [1.165, 1.54) is 5.56 Å². The van der Waals surface area contributed by atoms with Gasteiger partial charge in [0.1, 0.15) is 11.5 Å². The molecule has 0 unspecified atom stereocenters. The molecule has 1 aromatic carbocycles. The molecule has 116 valence electrons. The van der Waals surface area contributed by atoms with Gasteiger partial charge in [0.05, 0.1) is 19.9 Å². The van der Waals surface area contributed by atoms with E-state index in [2.05, 4.69) is 0 Å². The molecule has 1 aliphatic carbocycles. The van der Waals surface area contributed by atoms with Crippen LogP contribution in [0.5, 0.6) is 11.5 Å². The van der Waals surface area contributed by atoms with Crippen molar-refractivity contribution in [1.29, 1.82) is 0 Å². The molecule has 0 aliphatic heterocycles. The molecule has 1 heterocycles.